The molecule has 0 heterocycles. The van der Waals surface area contributed by atoms with E-state index in [-0.39, 0.29) is 6.04 Å². The van der Waals surface area contributed by atoms with Crippen molar-refractivity contribution in [3.8, 4) is 11.1 Å². The third-order valence-electron chi connectivity index (χ3n) is 2.90. The third-order valence-corrected chi connectivity index (χ3v) is 3.95. The lowest BCUT2D eigenvalue weighted by Gasteiger charge is -2.10. The number of halogens is 3. The van der Waals surface area contributed by atoms with Crippen LogP contribution in [-0.2, 0) is 0 Å². The second-order valence-electron chi connectivity index (χ2n) is 4.43. The lowest BCUT2D eigenvalue weighted by Crippen LogP contribution is -2.05. The van der Waals surface area contributed by atoms with Crippen LogP contribution in [0.4, 0.5) is 8.78 Å². The molecule has 0 radical (unpaired) electrons. The Balaban J connectivity index is 2.25. The van der Waals surface area contributed by atoms with Gasteiger partial charge in [-0.2, -0.15) is 8.78 Å². The van der Waals surface area contributed by atoms with Gasteiger partial charge in [-0.15, -0.1) is 0 Å². The van der Waals surface area contributed by atoms with Crippen LogP contribution >= 0.6 is 23.4 Å². The van der Waals surface area contributed by atoms with E-state index < -0.39 is 5.76 Å². The van der Waals surface area contributed by atoms with Gasteiger partial charge in [-0.3, -0.25) is 0 Å². The van der Waals surface area contributed by atoms with Gasteiger partial charge in [0.25, 0.3) is 5.76 Å². The molecule has 0 aromatic heterocycles. The molecule has 5 heteroatoms. The van der Waals surface area contributed by atoms with Crippen LogP contribution in [-0.4, -0.2) is 5.76 Å². The molecule has 20 heavy (non-hydrogen) atoms. The van der Waals surface area contributed by atoms with Crippen molar-refractivity contribution in [2.24, 2.45) is 5.73 Å². The molecule has 2 rings (SSSR count). The van der Waals surface area contributed by atoms with E-state index in [0.717, 1.165) is 16.7 Å². The van der Waals surface area contributed by atoms with Gasteiger partial charge >= 0.3 is 0 Å². The maximum absolute atomic E-state index is 12.3. The van der Waals surface area contributed by atoms with Crippen molar-refractivity contribution in [3.63, 3.8) is 0 Å². The zero-order valence-electron chi connectivity index (χ0n) is 10.8. The number of nitrogens with two attached hydrogens (primary N) is 1. The molecule has 2 aromatic carbocycles. The molecular formula is C15H14ClF2NS. The van der Waals surface area contributed by atoms with Crippen LogP contribution in [0.25, 0.3) is 11.1 Å². The largest absolute Gasteiger partial charge is 0.324 e. The van der Waals surface area contributed by atoms with Crippen LogP contribution in [0.2, 0.25) is 5.02 Å². The first kappa shape index (κ1) is 15.3. The van der Waals surface area contributed by atoms with Crippen molar-refractivity contribution >= 4 is 23.4 Å². The summed E-state index contributed by atoms with van der Waals surface area (Å²) in [6.07, 6.45) is 0. The maximum atomic E-state index is 12.3. The Labute approximate surface area is 126 Å². The third kappa shape index (κ3) is 3.72. The molecule has 0 amide bonds. The molecule has 0 bridgehead atoms. The van der Waals surface area contributed by atoms with E-state index in [1.165, 1.54) is 0 Å². The van der Waals surface area contributed by atoms with E-state index in [9.17, 15) is 8.78 Å². The summed E-state index contributed by atoms with van der Waals surface area (Å²) in [6, 6.07) is 12.5. The number of hydrogen-bond acceptors (Lipinski definition) is 2. The van der Waals surface area contributed by atoms with Crippen LogP contribution in [0.3, 0.4) is 0 Å². The molecule has 0 aliphatic heterocycles. The predicted molar refractivity (Wildman–Crippen MR) is 81.4 cm³/mol. The maximum Gasteiger partial charge on any atom is 0.288 e. The zero-order chi connectivity index (χ0) is 14.7. The van der Waals surface area contributed by atoms with Gasteiger partial charge in [-0.25, -0.2) is 0 Å². The lowest BCUT2D eigenvalue weighted by molar-refractivity contribution is 0.252. The van der Waals surface area contributed by atoms with Crippen LogP contribution < -0.4 is 5.73 Å². The summed E-state index contributed by atoms with van der Waals surface area (Å²) in [5.41, 5.74) is 8.57. The Morgan fingerprint density at radius 2 is 1.65 bits per heavy atom. The molecule has 0 spiro atoms. The Morgan fingerprint density at radius 1 is 1.05 bits per heavy atom. The number of hydrogen-bond donors (Lipinski definition) is 1. The lowest BCUT2D eigenvalue weighted by atomic mass is 10.0. The Kier molecular flexibility index (Phi) is 5.02. The van der Waals surface area contributed by atoms with Gasteiger partial charge in [0.1, 0.15) is 0 Å². The van der Waals surface area contributed by atoms with Crippen LogP contribution in [0.15, 0.2) is 47.4 Å². The highest BCUT2D eigenvalue weighted by molar-refractivity contribution is 7.99. The second-order valence-corrected chi connectivity index (χ2v) is 5.90. The van der Waals surface area contributed by atoms with Crippen molar-refractivity contribution in [3.05, 3.63) is 53.1 Å². The average Bonchev–Trinajstić information content (AvgIpc) is 2.38. The van der Waals surface area contributed by atoms with Gasteiger partial charge in [0, 0.05) is 16.0 Å². The average molecular weight is 314 g/mol. The Hall–Kier alpha value is -1.10. The summed E-state index contributed by atoms with van der Waals surface area (Å²) >= 11 is 6.73. The SMILES string of the molecule is CC(N)c1ccc(-c2ccc(SC(F)F)cc2)cc1Cl. The molecule has 0 aliphatic carbocycles. The second kappa shape index (κ2) is 6.57. The van der Waals surface area contributed by atoms with E-state index in [4.69, 9.17) is 17.3 Å². The normalized spacial score (nSPS) is 12.7. The molecule has 0 saturated heterocycles. The minimum atomic E-state index is -2.40. The van der Waals surface area contributed by atoms with Gasteiger partial charge in [0.2, 0.25) is 0 Å². The summed E-state index contributed by atoms with van der Waals surface area (Å²) in [7, 11) is 0. The topological polar surface area (TPSA) is 26.0 Å². The van der Waals surface area contributed by atoms with E-state index in [2.05, 4.69) is 0 Å². The molecule has 2 N–H and O–H groups in total. The smallest absolute Gasteiger partial charge is 0.288 e. The first-order chi connectivity index (χ1) is 9.47. The van der Waals surface area contributed by atoms with Crippen LogP contribution in [0, 0.1) is 0 Å². The first-order valence-electron chi connectivity index (χ1n) is 6.07. The molecule has 0 fully saturated rings. The molecular weight excluding hydrogens is 300 g/mol. The van der Waals surface area contributed by atoms with Crippen LogP contribution in [0.1, 0.15) is 18.5 Å². The molecule has 1 nitrogen and oxygen atoms in total. The molecule has 0 aliphatic rings. The van der Waals surface area contributed by atoms with Crippen molar-refractivity contribution in [1.29, 1.82) is 0 Å². The highest BCUT2D eigenvalue weighted by atomic mass is 35.5. The standard InChI is InChI=1S/C15H14ClF2NS/c1-9(19)13-7-4-11(8-14(13)16)10-2-5-12(6-3-10)20-15(17)18/h2-9,15H,19H2,1H3. The van der Waals surface area contributed by atoms with Crippen LogP contribution in [0.5, 0.6) is 0 Å². The molecule has 0 saturated carbocycles. The fourth-order valence-corrected chi connectivity index (χ4v) is 2.76. The highest BCUT2D eigenvalue weighted by Gasteiger charge is 2.08. The quantitative estimate of drug-likeness (QED) is 0.771. The fourth-order valence-electron chi connectivity index (χ4n) is 1.90. The molecule has 2 aromatic rings. The van der Waals surface area contributed by atoms with E-state index in [1.54, 1.807) is 12.1 Å². The minimum Gasteiger partial charge on any atom is -0.324 e. The van der Waals surface area contributed by atoms with Crippen molar-refractivity contribution in [2.75, 3.05) is 0 Å². The van der Waals surface area contributed by atoms with Crippen molar-refractivity contribution < 1.29 is 8.78 Å². The van der Waals surface area contributed by atoms with Gasteiger partial charge in [0.15, 0.2) is 0 Å². The summed E-state index contributed by atoms with van der Waals surface area (Å²) in [5, 5.41) is 0.614. The van der Waals surface area contributed by atoms with Gasteiger partial charge in [-0.05, 0) is 41.8 Å². The molecule has 1 unspecified atom stereocenters. The first-order valence-corrected chi connectivity index (χ1v) is 7.33. The highest BCUT2D eigenvalue weighted by Crippen LogP contribution is 2.31. The van der Waals surface area contributed by atoms with Gasteiger partial charge in [0.05, 0.1) is 0 Å². The van der Waals surface area contributed by atoms with Crippen molar-refractivity contribution in [1.82, 2.24) is 0 Å². The monoisotopic (exact) mass is 313 g/mol. The molecule has 1 atom stereocenters. The fraction of sp³-hybridized carbons (Fsp3) is 0.200. The Bertz CT molecular complexity index is 585. The summed E-state index contributed by atoms with van der Waals surface area (Å²) < 4.78 is 24.5. The predicted octanol–water partition coefficient (Wildman–Crippen LogP) is 5.34. The summed E-state index contributed by atoms with van der Waals surface area (Å²) in [6.45, 7) is 1.87. The summed E-state index contributed by atoms with van der Waals surface area (Å²) in [5.74, 6) is -2.40. The number of rotatable bonds is 4. The van der Waals surface area contributed by atoms with E-state index in [1.807, 2.05) is 37.3 Å². The van der Waals surface area contributed by atoms with E-state index in [0.29, 0.717) is 21.7 Å². The number of benzene rings is 2. The van der Waals surface area contributed by atoms with Gasteiger partial charge in [-0.1, -0.05) is 47.6 Å². The molecule has 106 valence electrons. The van der Waals surface area contributed by atoms with Crippen molar-refractivity contribution in [2.45, 2.75) is 23.6 Å². The Morgan fingerprint density at radius 3 is 2.15 bits per heavy atom. The summed E-state index contributed by atoms with van der Waals surface area (Å²) in [4.78, 5) is 0.544. The number of thioether (sulfide) groups is 1. The number of alkyl halides is 2. The van der Waals surface area contributed by atoms with Gasteiger partial charge < -0.3 is 5.73 Å². The minimum absolute atomic E-state index is 0.124. The zero-order valence-corrected chi connectivity index (χ0v) is 12.4. The van der Waals surface area contributed by atoms with E-state index >= 15 is 0 Å².